The van der Waals surface area contributed by atoms with Crippen molar-refractivity contribution in [3.8, 4) is 0 Å². The van der Waals surface area contributed by atoms with Gasteiger partial charge < -0.3 is 18.9 Å². The van der Waals surface area contributed by atoms with Gasteiger partial charge in [0.05, 0.1) is 26.4 Å². The second-order valence-corrected chi connectivity index (χ2v) is 2.97. The smallest absolute Gasteiger partial charge is 0.0701 e. The summed E-state index contributed by atoms with van der Waals surface area (Å²) >= 11 is 0. The maximum Gasteiger partial charge on any atom is 0.0701 e. The topological polar surface area (TPSA) is 36.9 Å². The zero-order valence-corrected chi connectivity index (χ0v) is 10.00. The van der Waals surface area contributed by atoms with Gasteiger partial charge in [-0.1, -0.05) is 0 Å². The molecule has 0 saturated carbocycles. The summed E-state index contributed by atoms with van der Waals surface area (Å²) in [5.74, 6) is 0. The first-order valence-corrected chi connectivity index (χ1v) is 5.72. The van der Waals surface area contributed by atoms with Crippen LogP contribution in [0.4, 0.5) is 0 Å². The number of ether oxygens (including phenoxy) is 4. The molecule has 0 aromatic heterocycles. The van der Waals surface area contributed by atoms with Gasteiger partial charge in [-0.15, -0.1) is 0 Å². The van der Waals surface area contributed by atoms with Crippen LogP contribution in [-0.2, 0) is 18.9 Å². The zero-order chi connectivity index (χ0) is 11.2. The average Bonchev–Trinajstić information content (AvgIpc) is 2.26. The molecule has 0 N–H and O–H groups in total. The van der Waals surface area contributed by atoms with Crippen molar-refractivity contribution in [2.75, 3.05) is 52.9 Å². The van der Waals surface area contributed by atoms with Crippen LogP contribution in [0.2, 0.25) is 0 Å². The minimum Gasteiger partial charge on any atom is -0.382 e. The molecule has 0 fully saturated rings. The van der Waals surface area contributed by atoms with E-state index >= 15 is 0 Å². The molecule has 15 heavy (non-hydrogen) atoms. The first kappa shape index (κ1) is 14.8. The molecule has 0 aliphatic rings. The van der Waals surface area contributed by atoms with Gasteiger partial charge in [0.1, 0.15) is 0 Å². The summed E-state index contributed by atoms with van der Waals surface area (Å²) in [6, 6.07) is 0. The minimum absolute atomic E-state index is 0.641. The first-order chi connectivity index (χ1) is 7.41. The summed E-state index contributed by atoms with van der Waals surface area (Å²) in [7, 11) is 0. The normalized spacial score (nSPS) is 10.8. The van der Waals surface area contributed by atoms with E-state index in [4.69, 9.17) is 18.9 Å². The summed E-state index contributed by atoms with van der Waals surface area (Å²) < 4.78 is 20.9. The van der Waals surface area contributed by atoms with E-state index in [0.29, 0.717) is 26.4 Å². The molecule has 0 radical (unpaired) electrons. The molecule has 4 heteroatoms. The van der Waals surface area contributed by atoms with Crippen LogP contribution < -0.4 is 0 Å². The van der Waals surface area contributed by atoms with E-state index in [1.165, 1.54) is 0 Å². The van der Waals surface area contributed by atoms with Crippen molar-refractivity contribution >= 4 is 0 Å². The van der Waals surface area contributed by atoms with Gasteiger partial charge in [-0.2, -0.15) is 0 Å². The Bertz CT molecular complexity index is 96.8. The Morgan fingerprint density at radius 3 is 1.53 bits per heavy atom. The fraction of sp³-hybridized carbons (Fsp3) is 1.00. The standard InChI is InChI=1S/C11H24O4/c1-3-12-6-5-7-14-10-11-15-9-8-13-4-2/h3-11H2,1-2H3. The van der Waals surface area contributed by atoms with Crippen molar-refractivity contribution in [2.45, 2.75) is 20.3 Å². The monoisotopic (exact) mass is 220 g/mol. The van der Waals surface area contributed by atoms with Crippen LogP contribution in [0, 0.1) is 0 Å². The third-order valence-electron chi connectivity index (χ3n) is 1.73. The second kappa shape index (κ2) is 13.8. The highest BCUT2D eigenvalue weighted by Crippen LogP contribution is 1.86. The summed E-state index contributed by atoms with van der Waals surface area (Å²) in [5, 5.41) is 0. The van der Waals surface area contributed by atoms with E-state index in [2.05, 4.69) is 0 Å². The summed E-state index contributed by atoms with van der Waals surface area (Å²) in [6.45, 7) is 9.62. The van der Waals surface area contributed by atoms with Crippen molar-refractivity contribution in [1.29, 1.82) is 0 Å². The summed E-state index contributed by atoms with van der Waals surface area (Å²) in [4.78, 5) is 0. The molecule has 92 valence electrons. The Morgan fingerprint density at radius 1 is 0.533 bits per heavy atom. The Labute approximate surface area is 92.8 Å². The molecular formula is C11H24O4. The molecule has 0 bridgehead atoms. The van der Waals surface area contributed by atoms with Crippen LogP contribution >= 0.6 is 0 Å². The highest BCUT2D eigenvalue weighted by molar-refractivity contribution is 4.36. The highest BCUT2D eigenvalue weighted by Gasteiger charge is 1.91. The van der Waals surface area contributed by atoms with Gasteiger partial charge in [-0.3, -0.25) is 0 Å². The minimum atomic E-state index is 0.641. The van der Waals surface area contributed by atoms with Crippen LogP contribution in [0.1, 0.15) is 20.3 Å². The van der Waals surface area contributed by atoms with Crippen molar-refractivity contribution in [3.63, 3.8) is 0 Å². The summed E-state index contributed by atoms with van der Waals surface area (Å²) in [6.07, 6.45) is 0.951. The van der Waals surface area contributed by atoms with Crippen molar-refractivity contribution in [2.24, 2.45) is 0 Å². The van der Waals surface area contributed by atoms with E-state index in [-0.39, 0.29) is 0 Å². The van der Waals surface area contributed by atoms with E-state index in [9.17, 15) is 0 Å². The molecule has 0 aromatic carbocycles. The Morgan fingerprint density at radius 2 is 0.933 bits per heavy atom. The third kappa shape index (κ3) is 13.8. The van der Waals surface area contributed by atoms with Gasteiger partial charge in [-0.25, -0.2) is 0 Å². The molecular weight excluding hydrogens is 196 g/mol. The van der Waals surface area contributed by atoms with Gasteiger partial charge in [0.2, 0.25) is 0 Å². The van der Waals surface area contributed by atoms with Gasteiger partial charge in [-0.05, 0) is 20.3 Å². The first-order valence-electron chi connectivity index (χ1n) is 5.72. The highest BCUT2D eigenvalue weighted by atomic mass is 16.5. The molecule has 0 rings (SSSR count). The number of hydrogen-bond acceptors (Lipinski definition) is 4. The number of hydrogen-bond donors (Lipinski definition) is 0. The van der Waals surface area contributed by atoms with E-state index < -0.39 is 0 Å². The maximum atomic E-state index is 5.34. The van der Waals surface area contributed by atoms with Crippen LogP contribution in [0.25, 0.3) is 0 Å². The second-order valence-electron chi connectivity index (χ2n) is 2.97. The van der Waals surface area contributed by atoms with Crippen LogP contribution in [0.15, 0.2) is 0 Å². The molecule has 0 aliphatic heterocycles. The molecule has 0 atom stereocenters. The number of rotatable bonds is 12. The Hall–Kier alpha value is -0.160. The average molecular weight is 220 g/mol. The predicted octanol–water partition coefficient (Wildman–Crippen LogP) is 1.48. The predicted molar refractivity (Wildman–Crippen MR) is 59.2 cm³/mol. The van der Waals surface area contributed by atoms with Gasteiger partial charge >= 0.3 is 0 Å². The Kier molecular flexibility index (Phi) is 13.7. The zero-order valence-electron chi connectivity index (χ0n) is 10.00. The molecule has 4 nitrogen and oxygen atoms in total. The quantitative estimate of drug-likeness (QED) is 0.467. The van der Waals surface area contributed by atoms with Crippen LogP contribution in [0.3, 0.4) is 0 Å². The lowest BCUT2D eigenvalue weighted by molar-refractivity contribution is 0.0123. The molecule has 0 heterocycles. The van der Waals surface area contributed by atoms with Crippen LogP contribution in [0.5, 0.6) is 0 Å². The molecule has 0 unspecified atom stereocenters. The maximum absolute atomic E-state index is 5.34. The molecule has 0 aromatic rings. The lowest BCUT2D eigenvalue weighted by Crippen LogP contribution is -2.10. The third-order valence-corrected chi connectivity index (χ3v) is 1.73. The molecule has 0 saturated heterocycles. The van der Waals surface area contributed by atoms with Gasteiger partial charge in [0.25, 0.3) is 0 Å². The van der Waals surface area contributed by atoms with Gasteiger partial charge in [0.15, 0.2) is 0 Å². The van der Waals surface area contributed by atoms with Crippen molar-refractivity contribution in [3.05, 3.63) is 0 Å². The fourth-order valence-electron chi connectivity index (χ4n) is 0.992. The Balaban J connectivity index is 2.81. The lowest BCUT2D eigenvalue weighted by Gasteiger charge is -2.05. The van der Waals surface area contributed by atoms with E-state index in [0.717, 1.165) is 32.8 Å². The lowest BCUT2D eigenvalue weighted by atomic mass is 10.5. The molecule has 0 aliphatic carbocycles. The summed E-state index contributed by atoms with van der Waals surface area (Å²) in [5.41, 5.74) is 0. The SMILES string of the molecule is CCOCCCOCCOCCOCC. The van der Waals surface area contributed by atoms with Crippen LogP contribution in [-0.4, -0.2) is 52.9 Å². The van der Waals surface area contributed by atoms with Crippen molar-refractivity contribution in [1.82, 2.24) is 0 Å². The van der Waals surface area contributed by atoms with Gasteiger partial charge in [0, 0.05) is 26.4 Å². The fourth-order valence-corrected chi connectivity index (χ4v) is 0.992. The largest absolute Gasteiger partial charge is 0.382 e. The van der Waals surface area contributed by atoms with E-state index in [1.54, 1.807) is 0 Å². The molecule has 0 spiro atoms. The van der Waals surface area contributed by atoms with Crippen molar-refractivity contribution < 1.29 is 18.9 Å². The molecule has 0 amide bonds. The van der Waals surface area contributed by atoms with E-state index in [1.807, 2.05) is 13.8 Å².